The maximum absolute atomic E-state index is 12.3. The van der Waals surface area contributed by atoms with E-state index in [0.717, 1.165) is 18.4 Å². The highest BCUT2D eigenvalue weighted by atomic mass is 19.1. The van der Waals surface area contributed by atoms with Crippen molar-refractivity contribution in [3.8, 4) is 0 Å². The van der Waals surface area contributed by atoms with Crippen molar-refractivity contribution in [1.82, 2.24) is 0 Å². The zero-order valence-electron chi connectivity index (χ0n) is 8.54. The largest absolute Gasteiger partial charge is 0.393 e. The smallest absolute Gasteiger partial charge is 0.115 e. The standard InChI is InChI=1S/C12H17FO/c1-2-4-12(14)8-10-5-3-6-11(7-10)9-13/h3,5-7,12,14H,2,4,8-9H2,1H3/t12-/m0/s1. The van der Waals surface area contributed by atoms with Crippen molar-refractivity contribution in [2.75, 3.05) is 0 Å². The van der Waals surface area contributed by atoms with E-state index in [0.29, 0.717) is 12.0 Å². The molecule has 1 nitrogen and oxygen atoms in total. The molecule has 0 radical (unpaired) electrons. The lowest BCUT2D eigenvalue weighted by Gasteiger charge is -2.09. The van der Waals surface area contributed by atoms with Crippen molar-refractivity contribution >= 4 is 0 Å². The molecule has 0 saturated heterocycles. The number of alkyl halides is 1. The van der Waals surface area contributed by atoms with Gasteiger partial charge in [-0.2, -0.15) is 0 Å². The second kappa shape index (κ2) is 5.76. The van der Waals surface area contributed by atoms with Crippen LogP contribution in [0.5, 0.6) is 0 Å². The fourth-order valence-corrected chi connectivity index (χ4v) is 1.55. The molecule has 1 atom stereocenters. The first-order chi connectivity index (χ1) is 6.76. The number of hydrogen-bond donors (Lipinski definition) is 1. The summed E-state index contributed by atoms with van der Waals surface area (Å²) in [6, 6.07) is 7.34. The second-order valence-electron chi connectivity index (χ2n) is 3.60. The summed E-state index contributed by atoms with van der Waals surface area (Å²) in [5, 5.41) is 9.57. The van der Waals surface area contributed by atoms with Crippen molar-refractivity contribution < 1.29 is 9.50 Å². The van der Waals surface area contributed by atoms with Crippen LogP contribution in [0.2, 0.25) is 0 Å². The van der Waals surface area contributed by atoms with Crippen LogP contribution in [0.25, 0.3) is 0 Å². The minimum atomic E-state index is -0.433. The van der Waals surface area contributed by atoms with E-state index in [1.807, 2.05) is 25.1 Å². The summed E-state index contributed by atoms with van der Waals surface area (Å²) >= 11 is 0. The van der Waals surface area contributed by atoms with Gasteiger partial charge in [0.1, 0.15) is 6.67 Å². The highest BCUT2D eigenvalue weighted by molar-refractivity contribution is 5.23. The van der Waals surface area contributed by atoms with Crippen molar-refractivity contribution in [2.45, 2.75) is 39.0 Å². The van der Waals surface area contributed by atoms with E-state index in [4.69, 9.17) is 0 Å². The van der Waals surface area contributed by atoms with Crippen LogP contribution in [0, 0.1) is 0 Å². The van der Waals surface area contributed by atoms with Crippen LogP contribution in [0.15, 0.2) is 24.3 Å². The van der Waals surface area contributed by atoms with Gasteiger partial charge in [-0.15, -0.1) is 0 Å². The van der Waals surface area contributed by atoms with E-state index in [1.54, 1.807) is 6.07 Å². The van der Waals surface area contributed by atoms with Crippen LogP contribution in [0.4, 0.5) is 4.39 Å². The summed E-state index contributed by atoms with van der Waals surface area (Å²) in [5.41, 5.74) is 1.70. The Morgan fingerprint density at radius 2 is 2.07 bits per heavy atom. The fourth-order valence-electron chi connectivity index (χ4n) is 1.55. The zero-order chi connectivity index (χ0) is 10.4. The monoisotopic (exact) mass is 196 g/mol. The zero-order valence-corrected chi connectivity index (χ0v) is 8.54. The van der Waals surface area contributed by atoms with E-state index >= 15 is 0 Å². The van der Waals surface area contributed by atoms with Crippen LogP contribution in [0.3, 0.4) is 0 Å². The summed E-state index contributed by atoms with van der Waals surface area (Å²) in [6.07, 6.45) is 2.11. The molecule has 0 heterocycles. The summed E-state index contributed by atoms with van der Waals surface area (Å²) in [7, 11) is 0. The first kappa shape index (κ1) is 11.2. The predicted octanol–water partition coefficient (Wildman–Crippen LogP) is 2.86. The fraction of sp³-hybridized carbons (Fsp3) is 0.500. The van der Waals surface area contributed by atoms with Gasteiger partial charge in [0.25, 0.3) is 0 Å². The molecule has 1 rings (SSSR count). The topological polar surface area (TPSA) is 20.2 Å². The van der Waals surface area contributed by atoms with Crippen molar-refractivity contribution in [2.24, 2.45) is 0 Å². The molecule has 1 N–H and O–H groups in total. The number of rotatable bonds is 5. The molecule has 78 valence electrons. The maximum atomic E-state index is 12.3. The van der Waals surface area contributed by atoms with Crippen molar-refractivity contribution in [3.63, 3.8) is 0 Å². The Bertz CT molecular complexity index is 273. The molecule has 2 heteroatoms. The van der Waals surface area contributed by atoms with Gasteiger partial charge in [0, 0.05) is 0 Å². The van der Waals surface area contributed by atoms with E-state index in [9.17, 15) is 9.50 Å². The minimum absolute atomic E-state index is 0.296. The molecule has 1 aromatic carbocycles. The molecule has 0 amide bonds. The lowest BCUT2D eigenvalue weighted by atomic mass is 10.0. The Labute approximate surface area is 84.6 Å². The Kier molecular flexibility index (Phi) is 4.60. The minimum Gasteiger partial charge on any atom is -0.393 e. The molecule has 1 aromatic rings. The molecule has 0 aromatic heterocycles. The third-order valence-electron chi connectivity index (χ3n) is 2.24. The summed E-state index contributed by atoms with van der Waals surface area (Å²) in [4.78, 5) is 0. The lowest BCUT2D eigenvalue weighted by Crippen LogP contribution is -2.09. The number of aliphatic hydroxyl groups excluding tert-OH is 1. The molecule has 0 aliphatic heterocycles. The van der Waals surface area contributed by atoms with Gasteiger partial charge in [-0.05, 0) is 24.0 Å². The summed E-state index contributed by atoms with van der Waals surface area (Å²) in [5.74, 6) is 0. The molecule has 0 unspecified atom stereocenters. The van der Waals surface area contributed by atoms with Gasteiger partial charge in [-0.1, -0.05) is 37.6 Å². The van der Waals surface area contributed by atoms with Gasteiger partial charge >= 0.3 is 0 Å². The number of aliphatic hydroxyl groups is 1. The molecular weight excluding hydrogens is 179 g/mol. The van der Waals surface area contributed by atoms with Crippen LogP contribution in [0.1, 0.15) is 30.9 Å². The van der Waals surface area contributed by atoms with E-state index < -0.39 is 6.67 Å². The van der Waals surface area contributed by atoms with Gasteiger partial charge in [-0.25, -0.2) is 4.39 Å². The molecule has 0 spiro atoms. The maximum Gasteiger partial charge on any atom is 0.115 e. The van der Waals surface area contributed by atoms with Gasteiger partial charge in [0.2, 0.25) is 0 Å². The highest BCUT2D eigenvalue weighted by Gasteiger charge is 2.04. The third-order valence-corrected chi connectivity index (χ3v) is 2.24. The highest BCUT2D eigenvalue weighted by Crippen LogP contribution is 2.10. The Balaban J connectivity index is 2.57. The average Bonchev–Trinajstić information content (AvgIpc) is 2.18. The lowest BCUT2D eigenvalue weighted by molar-refractivity contribution is 0.164. The molecule has 0 aliphatic rings. The normalized spacial score (nSPS) is 12.8. The van der Waals surface area contributed by atoms with Gasteiger partial charge in [0.15, 0.2) is 0 Å². The average molecular weight is 196 g/mol. The van der Waals surface area contributed by atoms with Crippen LogP contribution in [-0.2, 0) is 13.1 Å². The number of hydrogen-bond acceptors (Lipinski definition) is 1. The third kappa shape index (κ3) is 3.46. The Morgan fingerprint density at radius 3 is 2.71 bits per heavy atom. The first-order valence-corrected chi connectivity index (χ1v) is 5.08. The first-order valence-electron chi connectivity index (χ1n) is 5.08. The van der Waals surface area contributed by atoms with Gasteiger partial charge in [0.05, 0.1) is 6.10 Å². The van der Waals surface area contributed by atoms with E-state index in [2.05, 4.69) is 0 Å². The molecule has 0 fully saturated rings. The van der Waals surface area contributed by atoms with Crippen LogP contribution >= 0.6 is 0 Å². The van der Waals surface area contributed by atoms with Gasteiger partial charge < -0.3 is 5.11 Å². The molecule has 0 saturated carbocycles. The predicted molar refractivity (Wildman–Crippen MR) is 55.9 cm³/mol. The van der Waals surface area contributed by atoms with E-state index in [1.165, 1.54) is 0 Å². The van der Waals surface area contributed by atoms with Gasteiger partial charge in [-0.3, -0.25) is 0 Å². The number of benzene rings is 1. The van der Waals surface area contributed by atoms with Crippen molar-refractivity contribution in [1.29, 1.82) is 0 Å². The summed E-state index contributed by atoms with van der Waals surface area (Å²) in [6.45, 7) is 1.61. The molecule has 14 heavy (non-hydrogen) atoms. The Morgan fingerprint density at radius 1 is 1.36 bits per heavy atom. The molecule has 0 bridgehead atoms. The van der Waals surface area contributed by atoms with Crippen LogP contribution < -0.4 is 0 Å². The Hall–Kier alpha value is -0.890. The SMILES string of the molecule is CCC[C@H](O)Cc1cccc(CF)c1. The van der Waals surface area contributed by atoms with Crippen molar-refractivity contribution in [3.05, 3.63) is 35.4 Å². The quantitative estimate of drug-likeness (QED) is 0.767. The molecule has 0 aliphatic carbocycles. The van der Waals surface area contributed by atoms with Crippen LogP contribution in [-0.4, -0.2) is 11.2 Å². The van der Waals surface area contributed by atoms with E-state index in [-0.39, 0.29) is 6.10 Å². The molecular formula is C12H17FO. The number of halogens is 1. The summed E-state index contributed by atoms with van der Waals surface area (Å²) < 4.78 is 12.3. The second-order valence-corrected chi connectivity index (χ2v) is 3.60.